The lowest BCUT2D eigenvalue weighted by molar-refractivity contribution is 0.195. The third-order valence-corrected chi connectivity index (χ3v) is 2.17. The number of urea groups is 1. The Labute approximate surface area is 90.8 Å². The lowest BCUT2D eigenvalue weighted by atomic mass is 10.2. The first-order valence-electron chi connectivity index (χ1n) is 4.78. The average Bonchev–Trinajstić information content (AvgIpc) is 2.11. The van der Waals surface area contributed by atoms with Gasteiger partial charge in [-0.1, -0.05) is 19.1 Å². The Hall–Kier alpha value is -0.840. The lowest BCUT2D eigenvalue weighted by Gasteiger charge is -2.24. The fraction of sp³-hybridized carbons (Fsp3) is 0.778. The number of carbonyl (C=O) groups excluding carboxylic acids is 1. The van der Waals surface area contributed by atoms with E-state index in [-0.39, 0.29) is 12.1 Å². The quantitative estimate of drug-likeness (QED) is 0.678. The van der Waals surface area contributed by atoms with E-state index < -0.39 is 0 Å². The molecule has 4 nitrogen and oxygen atoms in total. The number of amides is 2. The summed E-state index contributed by atoms with van der Waals surface area (Å²) >= 11 is 4.78. The number of rotatable bonds is 5. The molecule has 0 aliphatic carbocycles. The number of nitrogens with one attached hydrogen (secondary N) is 1. The van der Waals surface area contributed by atoms with Crippen LogP contribution in [0.4, 0.5) is 4.79 Å². The molecule has 1 atom stereocenters. The fourth-order valence-corrected chi connectivity index (χ4v) is 1.23. The zero-order valence-electron chi connectivity index (χ0n) is 9.04. The van der Waals surface area contributed by atoms with Gasteiger partial charge in [0, 0.05) is 26.1 Å². The molecule has 0 bridgehead atoms. The van der Waals surface area contributed by atoms with Crippen molar-refractivity contribution >= 4 is 23.2 Å². The highest BCUT2D eigenvalue weighted by Crippen LogP contribution is 2.01. The number of thiocarbonyl (C=S) groups is 1. The van der Waals surface area contributed by atoms with Gasteiger partial charge in [0.05, 0.1) is 4.99 Å². The first-order chi connectivity index (χ1) is 6.49. The Morgan fingerprint density at radius 1 is 1.64 bits per heavy atom. The second-order valence-electron chi connectivity index (χ2n) is 3.36. The first kappa shape index (κ1) is 13.2. The van der Waals surface area contributed by atoms with Crippen LogP contribution in [0.15, 0.2) is 0 Å². The summed E-state index contributed by atoms with van der Waals surface area (Å²) in [5, 5.41) is 2.79. The molecule has 0 radical (unpaired) electrons. The zero-order chi connectivity index (χ0) is 11.1. The van der Waals surface area contributed by atoms with Crippen LogP contribution in [0.5, 0.6) is 0 Å². The summed E-state index contributed by atoms with van der Waals surface area (Å²) in [7, 11) is 1.74. The van der Waals surface area contributed by atoms with Crippen molar-refractivity contribution in [2.45, 2.75) is 32.7 Å². The van der Waals surface area contributed by atoms with Crippen LogP contribution in [0.25, 0.3) is 0 Å². The van der Waals surface area contributed by atoms with Crippen LogP contribution < -0.4 is 11.1 Å². The van der Waals surface area contributed by atoms with Crippen molar-refractivity contribution in [3.63, 3.8) is 0 Å². The summed E-state index contributed by atoms with van der Waals surface area (Å²) in [5.74, 6) is 0. The third kappa shape index (κ3) is 5.01. The van der Waals surface area contributed by atoms with E-state index in [1.54, 1.807) is 11.9 Å². The third-order valence-electron chi connectivity index (χ3n) is 2.00. The van der Waals surface area contributed by atoms with Crippen molar-refractivity contribution in [1.29, 1.82) is 0 Å². The molecule has 0 saturated carbocycles. The van der Waals surface area contributed by atoms with Crippen molar-refractivity contribution in [3.05, 3.63) is 0 Å². The molecule has 0 rings (SSSR count). The summed E-state index contributed by atoms with van der Waals surface area (Å²) in [6.45, 7) is 4.63. The Balaban J connectivity index is 3.96. The molecule has 0 aliphatic heterocycles. The SMILES string of the molecule is CCCNC(=O)N(C)C(C)CC(N)=S. The Morgan fingerprint density at radius 2 is 2.21 bits per heavy atom. The number of carbonyl (C=O) groups is 1. The molecule has 0 aromatic carbocycles. The van der Waals surface area contributed by atoms with Crippen LogP contribution in [0.3, 0.4) is 0 Å². The topological polar surface area (TPSA) is 58.4 Å². The van der Waals surface area contributed by atoms with Crippen LogP contribution in [-0.4, -0.2) is 35.6 Å². The molecule has 82 valence electrons. The van der Waals surface area contributed by atoms with Crippen molar-refractivity contribution in [2.75, 3.05) is 13.6 Å². The van der Waals surface area contributed by atoms with Gasteiger partial charge in [0.1, 0.15) is 0 Å². The molecule has 0 heterocycles. The Morgan fingerprint density at radius 3 is 2.64 bits per heavy atom. The lowest BCUT2D eigenvalue weighted by Crippen LogP contribution is -2.43. The molecule has 0 aromatic heterocycles. The van der Waals surface area contributed by atoms with E-state index in [2.05, 4.69) is 5.32 Å². The molecule has 0 aromatic rings. The largest absolute Gasteiger partial charge is 0.393 e. The maximum Gasteiger partial charge on any atom is 0.317 e. The van der Waals surface area contributed by atoms with Gasteiger partial charge in [-0.2, -0.15) is 0 Å². The average molecular weight is 217 g/mol. The minimum atomic E-state index is -0.0735. The standard InChI is InChI=1S/C9H19N3OS/c1-4-5-11-9(13)12(3)7(2)6-8(10)14/h7H,4-6H2,1-3H3,(H2,10,14)(H,11,13). The molecule has 1 unspecified atom stereocenters. The fourth-order valence-electron chi connectivity index (χ4n) is 0.985. The Bertz CT molecular complexity index is 208. The minimum Gasteiger partial charge on any atom is -0.393 e. The smallest absolute Gasteiger partial charge is 0.317 e. The van der Waals surface area contributed by atoms with E-state index in [1.165, 1.54) is 0 Å². The van der Waals surface area contributed by atoms with Gasteiger partial charge in [-0.25, -0.2) is 4.79 Å². The maximum atomic E-state index is 11.5. The van der Waals surface area contributed by atoms with Gasteiger partial charge in [0.25, 0.3) is 0 Å². The molecular formula is C9H19N3OS. The number of nitrogens with zero attached hydrogens (tertiary/aromatic N) is 1. The Kier molecular flexibility index (Phi) is 6.19. The number of hydrogen-bond acceptors (Lipinski definition) is 2. The predicted octanol–water partition coefficient (Wildman–Crippen LogP) is 1.10. The van der Waals surface area contributed by atoms with Gasteiger partial charge in [-0.3, -0.25) is 0 Å². The van der Waals surface area contributed by atoms with Gasteiger partial charge in [0.15, 0.2) is 0 Å². The van der Waals surface area contributed by atoms with Gasteiger partial charge in [0.2, 0.25) is 0 Å². The van der Waals surface area contributed by atoms with Crippen molar-refractivity contribution in [2.24, 2.45) is 5.73 Å². The molecular weight excluding hydrogens is 198 g/mol. The van der Waals surface area contributed by atoms with E-state index in [1.807, 2.05) is 13.8 Å². The first-order valence-corrected chi connectivity index (χ1v) is 5.18. The highest BCUT2D eigenvalue weighted by Gasteiger charge is 2.15. The second-order valence-corrected chi connectivity index (χ2v) is 3.89. The summed E-state index contributed by atoms with van der Waals surface area (Å²) in [5.41, 5.74) is 5.40. The maximum absolute atomic E-state index is 11.5. The van der Waals surface area contributed by atoms with Gasteiger partial charge in [-0.15, -0.1) is 0 Å². The molecule has 14 heavy (non-hydrogen) atoms. The summed E-state index contributed by atoms with van der Waals surface area (Å²) in [6.07, 6.45) is 1.49. The van der Waals surface area contributed by atoms with E-state index in [0.717, 1.165) is 6.42 Å². The van der Waals surface area contributed by atoms with E-state index in [0.29, 0.717) is 18.0 Å². The van der Waals surface area contributed by atoms with E-state index in [9.17, 15) is 4.79 Å². The van der Waals surface area contributed by atoms with Crippen LogP contribution in [0.2, 0.25) is 0 Å². The van der Waals surface area contributed by atoms with Crippen molar-refractivity contribution in [3.8, 4) is 0 Å². The molecule has 0 aliphatic rings. The predicted molar refractivity (Wildman–Crippen MR) is 62.3 cm³/mol. The van der Waals surface area contributed by atoms with E-state index >= 15 is 0 Å². The van der Waals surface area contributed by atoms with Crippen LogP contribution in [0.1, 0.15) is 26.7 Å². The summed E-state index contributed by atoms with van der Waals surface area (Å²) in [6, 6.07) is -0.0278. The highest BCUT2D eigenvalue weighted by atomic mass is 32.1. The van der Waals surface area contributed by atoms with Gasteiger partial charge >= 0.3 is 6.03 Å². The molecule has 3 N–H and O–H groups in total. The molecule has 5 heteroatoms. The minimum absolute atomic E-state index is 0.0457. The summed E-state index contributed by atoms with van der Waals surface area (Å²) < 4.78 is 0. The summed E-state index contributed by atoms with van der Waals surface area (Å²) in [4.78, 5) is 13.5. The van der Waals surface area contributed by atoms with Crippen molar-refractivity contribution in [1.82, 2.24) is 10.2 Å². The highest BCUT2D eigenvalue weighted by molar-refractivity contribution is 7.80. The molecule has 2 amide bonds. The van der Waals surface area contributed by atoms with Gasteiger partial charge in [-0.05, 0) is 13.3 Å². The van der Waals surface area contributed by atoms with Crippen LogP contribution in [-0.2, 0) is 0 Å². The zero-order valence-corrected chi connectivity index (χ0v) is 9.86. The van der Waals surface area contributed by atoms with E-state index in [4.69, 9.17) is 18.0 Å². The second kappa shape index (κ2) is 6.59. The molecule has 0 fully saturated rings. The number of hydrogen-bond donors (Lipinski definition) is 2. The van der Waals surface area contributed by atoms with Gasteiger partial charge < -0.3 is 16.0 Å². The molecule has 0 spiro atoms. The van der Waals surface area contributed by atoms with Crippen LogP contribution in [0, 0.1) is 0 Å². The monoisotopic (exact) mass is 217 g/mol. The normalized spacial score (nSPS) is 11.9. The molecule has 0 saturated heterocycles. The van der Waals surface area contributed by atoms with Crippen molar-refractivity contribution < 1.29 is 4.79 Å². The van der Waals surface area contributed by atoms with Crippen LogP contribution >= 0.6 is 12.2 Å². The number of nitrogens with two attached hydrogens (primary N) is 1.